The fourth-order valence-corrected chi connectivity index (χ4v) is 2.95. The van der Waals surface area contributed by atoms with Crippen LogP contribution in [0.4, 0.5) is 0 Å². The second kappa shape index (κ2) is 5.74. The molecule has 2 saturated heterocycles. The monoisotopic (exact) mass is 306 g/mol. The molecular weight excluding hydrogens is 284 g/mol. The van der Waals surface area contributed by atoms with Gasteiger partial charge in [-0.25, -0.2) is 0 Å². The molecule has 0 aromatic heterocycles. The van der Waals surface area contributed by atoms with E-state index < -0.39 is 24.3 Å². The molecule has 2 aliphatic heterocycles. The number of Topliss-reactive ketones (excluding diaryl/α,β-unsaturated/α-hetero) is 1. The van der Waals surface area contributed by atoms with Crippen molar-refractivity contribution in [1.82, 2.24) is 0 Å². The number of fused-ring (bicyclic) bond motifs is 1. The van der Waals surface area contributed by atoms with Crippen LogP contribution in [-0.2, 0) is 30.3 Å². The molecule has 4 atom stereocenters. The largest absolute Gasteiger partial charge is 0.367 e. The van der Waals surface area contributed by atoms with Crippen LogP contribution in [0.1, 0.15) is 31.9 Å². The molecule has 1 aromatic carbocycles. The highest BCUT2D eigenvalue weighted by atomic mass is 16.8. The van der Waals surface area contributed by atoms with Crippen molar-refractivity contribution in [2.45, 2.75) is 64.7 Å². The van der Waals surface area contributed by atoms with E-state index in [1.54, 1.807) is 0 Å². The average Bonchev–Trinajstić information content (AvgIpc) is 2.90. The van der Waals surface area contributed by atoms with Gasteiger partial charge in [0, 0.05) is 0 Å². The average molecular weight is 306 g/mol. The van der Waals surface area contributed by atoms with E-state index >= 15 is 0 Å². The molecule has 0 bridgehead atoms. The number of rotatable bonds is 4. The Balaban J connectivity index is 1.74. The summed E-state index contributed by atoms with van der Waals surface area (Å²) in [6.07, 6.45) is -2.03. The lowest BCUT2D eigenvalue weighted by molar-refractivity contribution is -0.218. The van der Waals surface area contributed by atoms with Gasteiger partial charge in [0.2, 0.25) is 0 Å². The number of ether oxygens (including phenoxy) is 4. The van der Waals surface area contributed by atoms with Gasteiger partial charge in [0.25, 0.3) is 0 Å². The first-order valence-corrected chi connectivity index (χ1v) is 7.55. The molecule has 0 radical (unpaired) electrons. The van der Waals surface area contributed by atoms with Crippen molar-refractivity contribution < 1.29 is 23.7 Å². The quantitative estimate of drug-likeness (QED) is 0.854. The maximum atomic E-state index is 11.8. The fourth-order valence-electron chi connectivity index (χ4n) is 2.95. The van der Waals surface area contributed by atoms with Gasteiger partial charge in [-0.3, -0.25) is 4.79 Å². The highest BCUT2D eigenvalue weighted by Gasteiger charge is 2.56. The topological polar surface area (TPSA) is 54.0 Å². The first kappa shape index (κ1) is 15.6. The summed E-state index contributed by atoms with van der Waals surface area (Å²) in [6.45, 7) is 7.61. The summed E-state index contributed by atoms with van der Waals surface area (Å²) in [4.78, 5) is 11.8. The lowest BCUT2D eigenvalue weighted by atomic mass is 10.1. The molecule has 0 aliphatic carbocycles. The molecule has 22 heavy (non-hydrogen) atoms. The van der Waals surface area contributed by atoms with Crippen LogP contribution in [0.3, 0.4) is 0 Å². The third-order valence-electron chi connectivity index (χ3n) is 4.08. The molecule has 0 unspecified atom stereocenters. The van der Waals surface area contributed by atoms with Gasteiger partial charge in [-0.2, -0.15) is 0 Å². The maximum Gasteiger partial charge on any atom is 0.190 e. The Morgan fingerprint density at radius 3 is 2.68 bits per heavy atom. The highest BCUT2D eigenvalue weighted by molar-refractivity contribution is 5.81. The number of carbonyl (C=O) groups is 1. The Hall–Kier alpha value is -1.27. The van der Waals surface area contributed by atoms with E-state index in [0.717, 1.165) is 11.1 Å². The van der Waals surface area contributed by atoms with Crippen molar-refractivity contribution in [3.05, 3.63) is 35.4 Å². The summed E-state index contributed by atoms with van der Waals surface area (Å²) in [5.74, 6) is -0.796. The van der Waals surface area contributed by atoms with E-state index in [2.05, 4.69) is 0 Å². The summed E-state index contributed by atoms with van der Waals surface area (Å²) in [7, 11) is 0. The second-order valence-electron chi connectivity index (χ2n) is 6.34. The predicted molar refractivity (Wildman–Crippen MR) is 79.1 cm³/mol. The van der Waals surface area contributed by atoms with Gasteiger partial charge < -0.3 is 18.9 Å². The number of hydrogen-bond acceptors (Lipinski definition) is 5. The van der Waals surface area contributed by atoms with Crippen LogP contribution in [0.15, 0.2) is 24.3 Å². The molecule has 5 nitrogen and oxygen atoms in total. The minimum atomic E-state index is -0.721. The van der Waals surface area contributed by atoms with Crippen LogP contribution < -0.4 is 0 Å². The molecule has 0 saturated carbocycles. The van der Waals surface area contributed by atoms with Crippen LogP contribution in [0.25, 0.3) is 0 Å². The van der Waals surface area contributed by atoms with Crippen molar-refractivity contribution in [1.29, 1.82) is 0 Å². The molecule has 2 fully saturated rings. The molecule has 0 spiro atoms. The summed E-state index contributed by atoms with van der Waals surface area (Å²) in [6, 6.07) is 8.01. The van der Waals surface area contributed by atoms with E-state index in [-0.39, 0.29) is 11.9 Å². The highest BCUT2D eigenvalue weighted by Crippen LogP contribution is 2.39. The zero-order valence-electron chi connectivity index (χ0n) is 13.4. The molecule has 1 aromatic rings. The Kier molecular flexibility index (Phi) is 4.07. The summed E-state index contributed by atoms with van der Waals surface area (Å²) >= 11 is 0. The van der Waals surface area contributed by atoms with Crippen molar-refractivity contribution in [2.24, 2.45) is 0 Å². The smallest absolute Gasteiger partial charge is 0.190 e. The van der Waals surface area contributed by atoms with Gasteiger partial charge in [-0.05, 0) is 38.8 Å². The molecule has 3 rings (SSSR count). The van der Waals surface area contributed by atoms with E-state index in [4.69, 9.17) is 18.9 Å². The van der Waals surface area contributed by atoms with Gasteiger partial charge in [0.1, 0.15) is 18.3 Å². The van der Waals surface area contributed by atoms with Gasteiger partial charge in [0.15, 0.2) is 17.9 Å². The third-order valence-corrected chi connectivity index (χ3v) is 4.08. The van der Waals surface area contributed by atoms with E-state index in [9.17, 15) is 4.79 Å². The standard InChI is InChI=1S/C17H22O5/c1-10-7-5-6-8-12(10)9-19-14-13(11(2)18)20-16-15(14)21-17(3,4)22-16/h5-8,13-16H,9H2,1-4H3/t13-,14+,15-,16-/m1/s1. The van der Waals surface area contributed by atoms with Crippen LogP contribution in [0, 0.1) is 6.92 Å². The third kappa shape index (κ3) is 2.94. The van der Waals surface area contributed by atoms with Gasteiger partial charge in [-0.15, -0.1) is 0 Å². The minimum absolute atomic E-state index is 0.0748. The Morgan fingerprint density at radius 1 is 1.27 bits per heavy atom. The molecule has 2 heterocycles. The number of ketones is 1. The van der Waals surface area contributed by atoms with Crippen molar-refractivity contribution in [3.8, 4) is 0 Å². The maximum absolute atomic E-state index is 11.8. The number of benzene rings is 1. The summed E-state index contributed by atoms with van der Waals surface area (Å²) < 4.78 is 23.2. The number of carbonyl (C=O) groups excluding carboxylic acids is 1. The first-order valence-electron chi connectivity index (χ1n) is 7.55. The number of hydrogen-bond donors (Lipinski definition) is 0. The minimum Gasteiger partial charge on any atom is -0.367 e. The summed E-state index contributed by atoms with van der Waals surface area (Å²) in [5.41, 5.74) is 2.24. The number of aryl methyl sites for hydroxylation is 1. The van der Waals surface area contributed by atoms with Gasteiger partial charge in [-0.1, -0.05) is 24.3 Å². The van der Waals surface area contributed by atoms with E-state index in [0.29, 0.717) is 6.61 Å². The zero-order chi connectivity index (χ0) is 15.9. The SMILES string of the molecule is CC(=O)[C@H]1O[C@@H]2OC(C)(C)O[C@@H]2[C@H]1OCc1ccccc1C. The van der Waals surface area contributed by atoms with Crippen molar-refractivity contribution in [3.63, 3.8) is 0 Å². The van der Waals surface area contributed by atoms with Crippen molar-refractivity contribution in [2.75, 3.05) is 0 Å². The fraction of sp³-hybridized carbons (Fsp3) is 0.588. The first-order chi connectivity index (χ1) is 10.4. The second-order valence-corrected chi connectivity index (χ2v) is 6.34. The Bertz CT molecular complexity index is 568. The Morgan fingerprint density at radius 2 is 2.00 bits per heavy atom. The molecular formula is C17H22O5. The van der Waals surface area contributed by atoms with Crippen LogP contribution in [0.5, 0.6) is 0 Å². The lowest BCUT2D eigenvalue weighted by Crippen LogP contribution is -2.39. The Labute approximate surface area is 130 Å². The predicted octanol–water partition coefficient (Wildman–Crippen LogP) is 2.35. The van der Waals surface area contributed by atoms with Crippen LogP contribution in [-0.4, -0.2) is 36.2 Å². The van der Waals surface area contributed by atoms with Crippen LogP contribution in [0.2, 0.25) is 0 Å². The lowest BCUT2D eigenvalue weighted by Gasteiger charge is -2.25. The molecule has 0 amide bonds. The van der Waals surface area contributed by atoms with E-state index in [1.807, 2.05) is 45.0 Å². The zero-order valence-corrected chi connectivity index (χ0v) is 13.4. The van der Waals surface area contributed by atoms with Crippen LogP contribution >= 0.6 is 0 Å². The van der Waals surface area contributed by atoms with E-state index in [1.165, 1.54) is 6.92 Å². The van der Waals surface area contributed by atoms with Gasteiger partial charge in [0.05, 0.1) is 6.61 Å². The molecule has 120 valence electrons. The van der Waals surface area contributed by atoms with Gasteiger partial charge >= 0.3 is 0 Å². The van der Waals surface area contributed by atoms with Crippen molar-refractivity contribution >= 4 is 5.78 Å². The summed E-state index contributed by atoms with van der Waals surface area (Å²) in [5, 5.41) is 0. The normalized spacial score (nSPS) is 32.9. The molecule has 2 aliphatic rings. The molecule has 0 N–H and O–H groups in total. The molecule has 5 heteroatoms.